The Morgan fingerprint density at radius 3 is 2.75 bits per heavy atom. The maximum absolute atomic E-state index is 12.0. The van der Waals surface area contributed by atoms with Gasteiger partial charge < -0.3 is 0 Å². The van der Waals surface area contributed by atoms with Crippen LogP contribution in [0.1, 0.15) is 21.7 Å². The van der Waals surface area contributed by atoms with Gasteiger partial charge in [-0.25, -0.2) is 8.77 Å². The molecule has 20 heavy (non-hydrogen) atoms. The minimum atomic E-state index is -0.332. The Morgan fingerprint density at radius 1 is 1.25 bits per heavy atom. The molecule has 0 aliphatic rings. The molecule has 0 bridgehead atoms. The van der Waals surface area contributed by atoms with Crippen molar-refractivity contribution in [3.63, 3.8) is 0 Å². The number of pyridine rings is 1. The number of carbonyl (C=O) groups excluding carboxylic acids is 1. The van der Waals surface area contributed by atoms with Gasteiger partial charge in [0.15, 0.2) is 0 Å². The Labute approximate surface area is 118 Å². The fourth-order valence-electron chi connectivity index (χ4n) is 1.82. The second kappa shape index (κ2) is 4.93. The van der Waals surface area contributed by atoms with E-state index in [2.05, 4.69) is 19.9 Å². The molecule has 0 aliphatic carbocycles. The molecule has 1 amide bonds. The SMILES string of the molecule is Cc1cc(C)n2sc(=NC(=O)c3ccncc3)nc2n1. The molecule has 0 radical (unpaired) electrons. The van der Waals surface area contributed by atoms with Crippen molar-refractivity contribution in [3.05, 3.63) is 52.3 Å². The van der Waals surface area contributed by atoms with Crippen LogP contribution in [0.15, 0.2) is 35.6 Å². The third-order valence-electron chi connectivity index (χ3n) is 2.69. The number of amides is 1. The van der Waals surface area contributed by atoms with Gasteiger partial charge in [0.1, 0.15) is 0 Å². The first kappa shape index (κ1) is 12.6. The average Bonchev–Trinajstić information content (AvgIpc) is 2.82. The molecule has 3 rings (SSSR count). The summed E-state index contributed by atoms with van der Waals surface area (Å²) in [6, 6.07) is 5.21. The molecule has 0 N–H and O–H groups in total. The van der Waals surface area contributed by atoms with Gasteiger partial charge in [0, 0.05) is 29.3 Å². The second-order valence-electron chi connectivity index (χ2n) is 4.27. The third-order valence-corrected chi connectivity index (χ3v) is 3.67. The standard InChI is InChI=1S/C13H11N5OS/c1-8-7-9(2)18-12(15-8)17-13(20-18)16-11(19)10-3-5-14-6-4-10/h3-7H,1-2H3. The number of hydrogen-bond acceptors (Lipinski definition) is 5. The van der Waals surface area contributed by atoms with Crippen LogP contribution >= 0.6 is 11.5 Å². The Hall–Kier alpha value is -2.41. The number of nitrogens with zero attached hydrogens (tertiary/aromatic N) is 5. The normalized spacial score (nSPS) is 12.0. The molecule has 0 aliphatic heterocycles. The van der Waals surface area contributed by atoms with Crippen LogP contribution in [0.5, 0.6) is 0 Å². The highest BCUT2D eigenvalue weighted by atomic mass is 32.1. The van der Waals surface area contributed by atoms with Gasteiger partial charge in [-0.15, -0.1) is 0 Å². The maximum Gasteiger partial charge on any atom is 0.279 e. The molecule has 7 heteroatoms. The van der Waals surface area contributed by atoms with E-state index in [4.69, 9.17) is 0 Å². The molecular weight excluding hydrogens is 274 g/mol. The van der Waals surface area contributed by atoms with Gasteiger partial charge in [0.05, 0.1) is 0 Å². The molecule has 100 valence electrons. The van der Waals surface area contributed by atoms with Gasteiger partial charge in [-0.2, -0.15) is 9.98 Å². The lowest BCUT2D eigenvalue weighted by Gasteiger charge is -1.97. The summed E-state index contributed by atoms with van der Waals surface area (Å²) in [6.45, 7) is 3.87. The molecule has 3 heterocycles. The molecule has 0 saturated carbocycles. The van der Waals surface area contributed by atoms with E-state index < -0.39 is 0 Å². The topological polar surface area (TPSA) is 72.5 Å². The zero-order valence-corrected chi connectivity index (χ0v) is 11.8. The van der Waals surface area contributed by atoms with Crippen LogP contribution in [0, 0.1) is 13.8 Å². The molecular formula is C13H11N5OS. The highest BCUT2D eigenvalue weighted by Gasteiger charge is 2.06. The van der Waals surface area contributed by atoms with Crippen LogP contribution in [0.4, 0.5) is 0 Å². The Morgan fingerprint density at radius 2 is 2.00 bits per heavy atom. The fourth-order valence-corrected chi connectivity index (χ4v) is 2.59. The molecule has 0 saturated heterocycles. The van der Waals surface area contributed by atoms with Gasteiger partial charge in [0.25, 0.3) is 5.91 Å². The van der Waals surface area contributed by atoms with E-state index in [1.807, 2.05) is 23.7 Å². The first-order valence-electron chi connectivity index (χ1n) is 5.97. The van der Waals surface area contributed by atoms with E-state index in [0.717, 1.165) is 11.4 Å². The molecule has 0 atom stereocenters. The molecule has 3 aromatic heterocycles. The quantitative estimate of drug-likeness (QED) is 0.680. The third kappa shape index (κ3) is 2.35. The van der Waals surface area contributed by atoms with Crippen molar-refractivity contribution in [1.82, 2.24) is 18.7 Å². The van der Waals surface area contributed by atoms with Crippen LogP contribution in [0.25, 0.3) is 5.78 Å². The van der Waals surface area contributed by atoms with E-state index in [1.54, 1.807) is 24.5 Å². The summed E-state index contributed by atoms with van der Waals surface area (Å²) in [7, 11) is 0. The van der Waals surface area contributed by atoms with Crippen LogP contribution < -0.4 is 4.80 Å². The maximum atomic E-state index is 12.0. The first-order chi connectivity index (χ1) is 9.63. The zero-order valence-electron chi connectivity index (χ0n) is 10.9. The van der Waals surface area contributed by atoms with Crippen LogP contribution in [-0.4, -0.2) is 24.6 Å². The number of aromatic nitrogens is 4. The number of rotatable bonds is 1. The van der Waals surface area contributed by atoms with Crippen molar-refractivity contribution in [2.75, 3.05) is 0 Å². The molecule has 0 spiro atoms. The largest absolute Gasteiger partial charge is 0.279 e. The molecule has 3 aromatic rings. The summed E-state index contributed by atoms with van der Waals surface area (Å²) in [5.41, 5.74) is 2.40. The lowest BCUT2D eigenvalue weighted by atomic mass is 10.3. The lowest BCUT2D eigenvalue weighted by Crippen LogP contribution is -2.05. The first-order valence-corrected chi connectivity index (χ1v) is 6.74. The number of fused-ring (bicyclic) bond motifs is 1. The summed E-state index contributed by atoms with van der Waals surface area (Å²) in [6.07, 6.45) is 3.12. The van der Waals surface area contributed by atoms with Crippen molar-refractivity contribution in [3.8, 4) is 0 Å². The Bertz CT molecular complexity index is 850. The van der Waals surface area contributed by atoms with E-state index >= 15 is 0 Å². The van der Waals surface area contributed by atoms with Gasteiger partial charge in [0.2, 0.25) is 10.6 Å². The Balaban J connectivity index is 2.09. The average molecular weight is 285 g/mol. The van der Waals surface area contributed by atoms with Gasteiger partial charge in [-0.1, -0.05) is 0 Å². The van der Waals surface area contributed by atoms with Crippen molar-refractivity contribution >= 4 is 23.2 Å². The molecule has 0 unspecified atom stereocenters. The van der Waals surface area contributed by atoms with Gasteiger partial charge in [-0.3, -0.25) is 9.78 Å². The summed E-state index contributed by atoms with van der Waals surface area (Å²) >= 11 is 1.30. The van der Waals surface area contributed by atoms with Crippen molar-refractivity contribution < 1.29 is 4.79 Å². The minimum Gasteiger partial charge on any atom is -0.267 e. The van der Waals surface area contributed by atoms with Crippen LogP contribution in [0.3, 0.4) is 0 Å². The predicted molar refractivity (Wildman–Crippen MR) is 74.5 cm³/mol. The highest BCUT2D eigenvalue weighted by Crippen LogP contribution is 2.06. The monoisotopic (exact) mass is 285 g/mol. The van der Waals surface area contributed by atoms with E-state index in [0.29, 0.717) is 16.1 Å². The lowest BCUT2D eigenvalue weighted by molar-refractivity contribution is 0.0998. The predicted octanol–water partition coefficient (Wildman–Crippen LogP) is 1.54. The summed E-state index contributed by atoms with van der Waals surface area (Å²) in [5.74, 6) is 0.232. The molecule has 0 fully saturated rings. The number of aryl methyl sites for hydroxylation is 2. The number of carbonyl (C=O) groups is 1. The second-order valence-corrected chi connectivity index (χ2v) is 5.18. The van der Waals surface area contributed by atoms with Crippen molar-refractivity contribution in [1.29, 1.82) is 0 Å². The highest BCUT2D eigenvalue weighted by molar-refractivity contribution is 7.03. The van der Waals surface area contributed by atoms with Crippen LogP contribution in [-0.2, 0) is 0 Å². The van der Waals surface area contributed by atoms with E-state index in [-0.39, 0.29) is 5.91 Å². The molecule has 0 aromatic carbocycles. The summed E-state index contributed by atoms with van der Waals surface area (Å²) in [5, 5.41) is 0. The van der Waals surface area contributed by atoms with Crippen molar-refractivity contribution in [2.24, 2.45) is 4.99 Å². The molecule has 6 nitrogen and oxygen atoms in total. The zero-order chi connectivity index (χ0) is 14.1. The number of hydrogen-bond donors (Lipinski definition) is 0. The summed E-state index contributed by atoms with van der Waals surface area (Å²) in [4.78, 5) is 28.9. The smallest absolute Gasteiger partial charge is 0.267 e. The fraction of sp³-hybridized carbons (Fsp3) is 0.154. The van der Waals surface area contributed by atoms with E-state index in [9.17, 15) is 4.79 Å². The Kier molecular flexibility index (Phi) is 3.11. The van der Waals surface area contributed by atoms with Crippen molar-refractivity contribution in [2.45, 2.75) is 13.8 Å². The van der Waals surface area contributed by atoms with E-state index in [1.165, 1.54) is 11.5 Å². The minimum absolute atomic E-state index is 0.332. The van der Waals surface area contributed by atoms with Crippen LogP contribution in [0.2, 0.25) is 0 Å². The van der Waals surface area contributed by atoms with Gasteiger partial charge in [-0.05, 0) is 43.6 Å². The van der Waals surface area contributed by atoms with Gasteiger partial charge >= 0.3 is 0 Å². The summed E-state index contributed by atoms with van der Waals surface area (Å²) < 4.78 is 1.85.